The van der Waals surface area contributed by atoms with Gasteiger partial charge in [0.15, 0.2) is 17.5 Å². The zero-order valence-corrected chi connectivity index (χ0v) is 32.6. The maximum absolute atomic E-state index is 15.4. The van der Waals surface area contributed by atoms with Gasteiger partial charge in [-0.3, -0.25) is 9.59 Å². The minimum atomic E-state index is -1.42. The number of nitrogens with zero attached hydrogens (tertiary/aromatic N) is 3. The third-order valence-electron chi connectivity index (χ3n) is 13.7. The second kappa shape index (κ2) is 13.5. The predicted molar refractivity (Wildman–Crippen MR) is 212 cm³/mol. The molecule has 0 radical (unpaired) electrons. The highest BCUT2D eigenvalue weighted by Crippen LogP contribution is 2.57. The van der Waals surface area contributed by atoms with Crippen LogP contribution < -0.4 is 32.5 Å². The number of hydrogen-bond acceptors (Lipinski definition) is 8. The van der Waals surface area contributed by atoms with E-state index in [2.05, 4.69) is 24.1 Å². The van der Waals surface area contributed by atoms with Gasteiger partial charge in [0.2, 0.25) is 10.9 Å². The number of benzene rings is 2. The fraction of sp³-hybridized carbons (Fsp3) is 0.524. The van der Waals surface area contributed by atoms with Crippen molar-refractivity contribution in [2.75, 3.05) is 42.5 Å². The maximum Gasteiger partial charge on any atom is 0.341 e. The molecule has 4 aromatic rings. The molecule has 304 valence electrons. The summed E-state index contributed by atoms with van der Waals surface area (Å²) >= 11 is 0. The molecule has 7 N–H and O–H groups in total. The summed E-state index contributed by atoms with van der Waals surface area (Å²) in [6, 6.07) is 0.110. The predicted octanol–water partition coefficient (Wildman–Crippen LogP) is 6.51. The van der Waals surface area contributed by atoms with E-state index in [1.807, 2.05) is 11.5 Å². The van der Waals surface area contributed by atoms with Gasteiger partial charge in [0.1, 0.15) is 11.1 Å². The molecule has 4 heterocycles. The summed E-state index contributed by atoms with van der Waals surface area (Å²) in [5.41, 5.74) is 11.2. The number of pyridine rings is 2. The number of nitrogen functional groups attached to an aromatic ring is 2. The number of carboxylic acids is 2. The smallest absolute Gasteiger partial charge is 0.341 e. The van der Waals surface area contributed by atoms with E-state index in [-0.39, 0.29) is 50.6 Å². The first-order valence-corrected chi connectivity index (χ1v) is 19.8. The fourth-order valence-electron chi connectivity index (χ4n) is 9.37. The van der Waals surface area contributed by atoms with E-state index in [0.717, 1.165) is 50.1 Å². The van der Waals surface area contributed by atoms with Crippen molar-refractivity contribution in [3.05, 3.63) is 72.5 Å². The Hall–Kier alpha value is -5.05. The monoisotopic (exact) mass is 790 g/mol. The molecule has 2 saturated heterocycles. The van der Waals surface area contributed by atoms with Gasteiger partial charge in [-0.25, -0.2) is 22.8 Å². The topological polar surface area (TPSA) is 186 Å². The molecular weight excluding hydrogens is 741 g/mol. The van der Waals surface area contributed by atoms with Crippen molar-refractivity contribution in [2.45, 2.75) is 91.1 Å². The SMILES string of the molecule is CC1CNCC12CC2.Cc1c(F)c(F)c(N)c2c(=O)c(C(=O)O)cn(C3CC3)c12.Cc1c(N2CC(C)C3(CC3)C2)c(F)c(N)c2c(=O)c(C(=O)O)cn(C3CC3)c12. The number of hydrogen-bond donors (Lipinski definition) is 5. The van der Waals surface area contributed by atoms with Crippen molar-refractivity contribution < 1.29 is 33.0 Å². The van der Waals surface area contributed by atoms with Crippen LogP contribution in [0.25, 0.3) is 21.8 Å². The summed E-state index contributed by atoms with van der Waals surface area (Å²) in [6.45, 7) is 11.9. The van der Waals surface area contributed by atoms with Gasteiger partial charge in [-0.15, -0.1) is 0 Å². The number of rotatable bonds is 5. The van der Waals surface area contributed by atoms with Gasteiger partial charge in [0.05, 0.1) is 38.9 Å². The highest BCUT2D eigenvalue weighted by Gasteiger charge is 2.53. The van der Waals surface area contributed by atoms with E-state index in [1.54, 1.807) is 0 Å². The van der Waals surface area contributed by atoms with E-state index >= 15 is 4.39 Å². The lowest BCUT2D eigenvalue weighted by atomic mass is 9.95. The Bertz CT molecular complexity index is 2520. The van der Waals surface area contributed by atoms with Crippen LogP contribution in [0.3, 0.4) is 0 Å². The van der Waals surface area contributed by atoms with Gasteiger partial charge >= 0.3 is 11.9 Å². The van der Waals surface area contributed by atoms with Crippen LogP contribution in [0.15, 0.2) is 22.0 Å². The second-order valence-electron chi connectivity index (χ2n) is 17.5. The van der Waals surface area contributed by atoms with Gasteiger partial charge in [0, 0.05) is 49.7 Å². The lowest BCUT2D eigenvalue weighted by Crippen LogP contribution is -2.26. The molecular formula is C42H49F3N6O6. The number of nitrogens with one attached hydrogen (secondary N) is 1. The molecule has 10 rings (SSSR count). The quantitative estimate of drug-likeness (QED) is 0.140. The normalized spacial score (nSPS) is 22.4. The van der Waals surface area contributed by atoms with Crippen molar-refractivity contribution >= 4 is 50.8 Å². The number of aromatic nitrogens is 2. The standard InChI is InChI=1S/C21H24FN3O3.C14H12F2N2O3.C7H13N/c1-10-7-24(9-21(10)5-6-21)18-11(2)17-14(16(23)15(18)22)19(26)13(20(27)28)8-25(17)12-3-4-12;1-5-9(15)10(16)11(17)8-12(5)18(6-2-3-6)4-7(13(8)19)14(20)21;1-6-4-8-5-7(6)2-3-7/h8,10,12H,3-7,9,23H2,1-2H3,(H,27,28);4,6H,2-3,17H2,1H3,(H,20,21);6,8H,2-5H2,1H3. The average Bonchev–Trinajstić information content (AvgIpc) is 3.95. The summed E-state index contributed by atoms with van der Waals surface area (Å²) in [6.07, 6.45) is 11.3. The van der Waals surface area contributed by atoms with Gasteiger partial charge in [-0.2, -0.15) is 0 Å². The molecule has 15 heteroatoms. The Morgan fingerprint density at radius 2 is 1.21 bits per heavy atom. The number of anilines is 3. The average molecular weight is 791 g/mol. The van der Waals surface area contributed by atoms with Crippen LogP contribution in [0.2, 0.25) is 0 Å². The molecule has 2 spiro atoms. The first-order valence-electron chi connectivity index (χ1n) is 19.8. The highest BCUT2D eigenvalue weighted by molar-refractivity contribution is 6.02. The zero-order chi connectivity index (χ0) is 41.0. The molecule has 6 fully saturated rings. The van der Waals surface area contributed by atoms with E-state index in [0.29, 0.717) is 22.7 Å². The molecule has 0 bridgehead atoms. The van der Waals surface area contributed by atoms with E-state index in [9.17, 15) is 33.1 Å². The van der Waals surface area contributed by atoms with Crippen LogP contribution in [0.4, 0.5) is 30.2 Å². The summed E-state index contributed by atoms with van der Waals surface area (Å²) < 4.78 is 46.5. The van der Waals surface area contributed by atoms with Crippen LogP contribution >= 0.6 is 0 Å². The summed E-state index contributed by atoms with van der Waals surface area (Å²) in [4.78, 5) is 49.9. The minimum absolute atomic E-state index is 0.000990. The minimum Gasteiger partial charge on any atom is -0.477 e. The maximum atomic E-state index is 15.4. The molecule has 12 nitrogen and oxygen atoms in total. The number of carbonyl (C=O) groups is 2. The van der Waals surface area contributed by atoms with Crippen molar-refractivity contribution in [3.63, 3.8) is 0 Å². The Labute approximate surface area is 326 Å². The van der Waals surface area contributed by atoms with Crippen molar-refractivity contribution in [1.29, 1.82) is 0 Å². The Kier molecular flexibility index (Phi) is 9.21. The van der Waals surface area contributed by atoms with Crippen LogP contribution in [-0.2, 0) is 0 Å². The van der Waals surface area contributed by atoms with Crippen LogP contribution in [-0.4, -0.2) is 57.5 Å². The molecule has 0 amide bonds. The number of nitrogens with two attached hydrogens (primary N) is 2. The third-order valence-corrected chi connectivity index (χ3v) is 13.7. The number of halogens is 3. The molecule has 57 heavy (non-hydrogen) atoms. The molecule has 2 aromatic carbocycles. The number of fused-ring (bicyclic) bond motifs is 2. The highest BCUT2D eigenvalue weighted by atomic mass is 19.2. The molecule has 2 atom stereocenters. The molecule has 4 saturated carbocycles. The molecule has 2 aliphatic heterocycles. The van der Waals surface area contributed by atoms with Crippen LogP contribution in [0.1, 0.15) is 109 Å². The third kappa shape index (κ3) is 6.32. The van der Waals surface area contributed by atoms with E-state index < -0.39 is 51.5 Å². The molecule has 6 aliphatic rings. The molecule has 4 aliphatic carbocycles. The Morgan fingerprint density at radius 3 is 1.60 bits per heavy atom. The van der Waals surface area contributed by atoms with Crippen molar-refractivity contribution in [2.24, 2.45) is 22.7 Å². The molecule has 2 aromatic heterocycles. The number of carboxylic acid groups (broad SMARTS) is 2. The first kappa shape index (κ1) is 38.8. The number of aromatic carboxylic acids is 2. The zero-order valence-electron chi connectivity index (χ0n) is 32.6. The van der Waals surface area contributed by atoms with E-state index in [1.165, 1.54) is 62.7 Å². The van der Waals surface area contributed by atoms with Crippen molar-refractivity contribution in [1.82, 2.24) is 14.5 Å². The van der Waals surface area contributed by atoms with Gasteiger partial charge in [0.25, 0.3) is 0 Å². The van der Waals surface area contributed by atoms with Crippen LogP contribution in [0.5, 0.6) is 0 Å². The molecule has 2 unspecified atom stereocenters. The first-order chi connectivity index (χ1) is 26.9. The summed E-state index contributed by atoms with van der Waals surface area (Å²) in [5.74, 6) is -4.31. The largest absolute Gasteiger partial charge is 0.477 e. The number of aryl methyl sites for hydroxylation is 2. The Balaban J connectivity index is 0.000000137. The summed E-state index contributed by atoms with van der Waals surface area (Å²) in [5, 5.41) is 21.7. The van der Waals surface area contributed by atoms with Crippen LogP contribution in [0, 0.1) is 54.0 Å². The fourth-order valence-corrected chi connectivity index (χ4v) is 9.37. The second-order valence-corrected chi connectivity index (χ2v) is 17.5. The summed E-state index contributed by atoms with van der Waals surface area (Å²) in [7, 11) is 0. The lowest BCUT2D eigenvalue weighted by Gasteiger charge is -2.25. The van der Waals surface area contributed by atoms with Crippen molar-refractivity contribution in [3.8, 4) is 0 Å². The Morgan fingerprint density at radius 1 is 0.737 bits per heavy atom. The van der Waals surface area contributed by atoms with E-state index in [4.69, 9.17) is 16.6 Å². The van der Waals surface area contributed by atoms with Gasteiger partial charge in [-0.05, 0) is 100.0 Å². The van der Waals surface area contributed by atoms with Gasteiger partial charge in [-0.1, -0.05) is 13.8 Å². The lowest BCUT2D eigenvalue weighted by molar-refractivity contribution is 0.0684. The van der Waals surface area contributed by atoms with Gasteiger partial charge < -0.3 is 41.0 Å².